The molecule has 4 heteroatoms. The van der Waals surface area contributed by atoms with E-state index in [0.717, 1.165) is 23.8 Å². The van der Waals surface area contributed by atoms with Gasteiger partial charge in [-0.3, -0.25) is 4.98 Å². The largest absolute Gasteiger partial charge is 0.352 e. The van der Waals surface area contributed by atoms with Gasteiger partial charge in [-0.25, -0.2) is 4.98 Å². The van der Waals surface area contributed by atoms with E-state index in [1.807, 2.05) is 31.6 Å². The van der Waals surface area contributed by atoms with Gasteiger partial charge in [-0.15, -0.1) is 0 Å². The number of rotatable bonds is 4. The molecule has 0 saturated heterocycles. The average molecular weight is 230 g/mol. The minimum absolute atomic E-state index is 0.413. The first-order valence-corrected chi connectivity index (χ1v) is 5.85. The van der Waals surface area contributed by atoms with Crippen molar-refractivity contribution in [1.29, 1.82) is 0 Å². The summed E-state index contributed by atoms with van der Waals surface area (Å²) >= 11 is 0. The smallest absolute Gasteiger partial charge is 0.203 e. The van der Waals surface area contributed by atoms with Gasteiger partial charge in [-0.1, -0.05) is 6.07 Å². The van der Waals surface area contributed by atoms with E-state index in [1.54, 1.807) is 0 Å². The molecule has 0 radical (unpaired) electrons. The Morgan fingerprint density at radius 3 is 2.76 bits per heavy atom. The van der Waals surface area contributed by atoms with Crippen LogP contribution in [-0.4, -0.2) is 14.5 Å². The molecular formula is C13H18N4. The number of hydrogen-bond acceptors (Lipinski definition) is 3. The Bertz CT molecular complexity index is 470. The third-order valence-electron chi connectivity index (χ3n) is 2.65. The fourth-order valence-electron chi connectivity index (χ4n) is 1.65. The number of hydrogen-bond donors (Lipinski definition) is 1. The van der Waals surface area contributed by atoms with E-state index in [1.165, 1.54) is 0 Å². The molecule has 2 aromatic rings. The summed E-state index contributed by atoms with van der Waals surface area (Å²) in [5.41, 5.74) is 2.20. The molecule has 4 nitrogen and oxygen atoms in total. The first-order chi connectivity index (χ1) is 8.16. The first-order valence-electron chi connectivity index (χ1n) is 5.85. The van der Waals surface area contributed by atoms with E-state index < -0.39 is 0 Å². The second kappa shape index (κ2) is 4.99. The van der Waals surface area contributed by atoms with Crippen molar-refractivity contribution < 1.29 is 0 Å². The summed E-state index contributed by atoms with van der Waals surface area (Å²) < 4.78 is 2.11. The molecule has 90 valence electrons. The molecule has 2 aromatic heterocycles. The highest BCUT2D eigenvalue weighted by Crippen LogP contribution is 2.13. The van der Waals surface area contributed by atoms with Crippen molar-refractivity contribution in [3.63, 3.8) is 0 Å². The molecule has 2 heterocycles. The Labute approximate surface area is 102 Å². The standard InChI is InChI=1S/C13H18N4/c1-10(2)17-7-6-14-13(17)16-9-12-5-4-11(3)15-8-12/h4-8,10H,9H2,1-3H3,(H,14,16). The van der Waals surface area contributed by atoms with E-state index in [-0.39, 0.29) is 0 Å². The molecule has 0 unspecified atom stereocenters. The molecule has 1 N–H and O–H groups in total. The monoisotopic (exact) mass is 230 g/mol. The minimum atomic E-state index is 0.413. The van der Waals surface area contributed by atoms with Crippen LogP contribution in [0.5, 0.6) is 0 Å². The Kier molecular flexibility index (Phi) is 3.42. The zero-order chi connectivity index (χ0) is 12.3. The fraction of sp³-hybridized carbons (Fsp3) is 0.385. The van der Waals surface area contributed by atoms with Crippen LogP contribution in [0, 0.1) is 6.92 Å². The molecule has 0 saturated carbocycles. The molecule has 2 rings (SSSR count). The second-order valence-electron chi connectivity index (χ2n) is 4.41. The summed E-state index contributed by atoms with van der Waals surface area (Å²) in [7, 11) is 0. The van der Waals surface area contributed by atoms with Gasteiger partial charge < -0.3 is 9.88 Å². The van der Waals surface area contributed by atoms with Gasteiger partial charge in [0.25, 0.3) is 0 Å². The van der Waals surface area contributed by atoms with Gasteiger partial charge >= 0.3 is 0 Å². The molecule has 0 aromatic carbocycles. The number of pyridine rings is 1. The number of nitrogens with zero attached hydrogens (tertiary/aromatic N) is 3. The summed E-state index contributed by atoms with van der Waals surface area (Å²) in [6.45, 7) is 7.01. The zero-order valence-corrected chi connectivity index (χ0v) is 10.5. The molecule has 0 spiro atoms. The van der Waals surface area contributed by atoms with Crippen molar-refractivity contribution in [3.8, 4) is 0 Å². The van der Waals surface area contributed by atoms with Crippen LogP contribution < -0.4 is 5.32 Å². The van der Waals surface area contributed by atoms with Crippen LogP contribution in [0.25, 0.3) is 0 Å². The molecule has 0 bridgehead atoms. The normalized spacial score (nSPS) is 10.8. The maximum atomic E-state index is 4.30. The Morgan fingerprint density at radius 2 is 2.12 bits per heavy atom. The Morgan fingerprint density at radius 1 is 1.29 bits per heavy atom. The van der Waals surface area contributed by atoms with Crippen LogP contribution in [0.3, 0.4) is 0 Å². The molecular weight excluding hydrogens is 212 g/mol. The molecule has 0 aliphatic carbocycles. The van der Waals surface area contributed by atoms with Crippen LogP contribution in [0.1, 0.15) is 31.1 Å². The summed E-state index contributed by atoms with van der Waals surface area (Å²) in [6, 6.07) is 4.51. The lowest BCUT2D eigenvalue weighted by Crippen LogP contribution is -2.09. The molecule has 0 aliphatic rings. The number of anilines is 1. The van der Waals surface area contributed by atoms with Crippen LogP contribution in [-0.2, 0) is 6.54 Å². The lowest BCUT2D eigenvalue weighted by molar-refractivity contribution is 0.604. The quantitative estimate of drug-likeness (QED) is 0.878. The van der Waals surface area contributed by atoms with Crippen molar-refractivity contribution in [3.05, 3.63) is 42.0 Å². The highest BCUT2D eigenvalue weighted by molar-refractivity contribution is 5.29. The lowest BCUT2D eigenvalue weighted by atomic mass is 10.2. The Balaban J connectivity index is 2.02. The highest BCUT2D eigenvalue weighted by Gasteiger charge is 2.04. The Hall–Kier alpha value is -1.84. The van der Waals surface area contributed by atoms with Gasteiger partial charge in [-0.05, 0) is 32.4 Å². The molecule has 0 amide bonds. The van der Waals surface area contributed by atoms with Gasteiger partial charge in [0.2, 0.25) is 5.95 Å². The van der Waals surface area contributed by atoms with Crippen molar-refractivity contribution >= 4 is 5.95 Å². The van der Waals surface area contributed by atoms with Crippen molar-refractivity contribution in [2.75, 3.05) is 5.32 Å². The van der Waals surface area contributed by atoms with Crippen LogP contribution in [0.4, 0.5) is 5.95 Å². The fourth-order valence-corrected chi connectivity index (χ4v) is 1.65. The number of nitrogens with one attached hydrogen (secondary N) is 1. The maximum absolute atomic E-state index is 4.30. The molecule has 0 aliphatic heterocycles. The molecule has 0 fully saturated rings. The van der Waals surface area contributed by atoms with E-state index >= 15 is 0 Å². The average Bonchev–Trinajstić information content (AvgIpc) is 2.76. The van der Waals surface area contributed by atoms with Gasteiger partial charge in [0, 0.05) is 36.9 Å². The van der Waals surface area contributed by atoms with Crippen LogP contribution >= 0.6 is 0 Å². The third-order valence-corrected chi connectivity index (χ3v) is 2.65. The first kappa shape index (κ1) is 11.6. The number of aromatic nitrogens is 3. The van der Waals surface area contributed by atoms with E-state index in [2.05, 4.69) is 39.8 Å². The minimum Gasteiger partial charge on any atom is -0.352 e. The van der Waals surface area contributed by atoms with Crippen LogP contribution in [0.15, 0.2) is 30.7 Å². The van der Waals surface area contributed by atoms with Crippen molar-refractivity contribution in [1.82, 2.24) is 14.5 Å². The lowest BCUT2D eigenvalue weighted by Gasteiger charge is -2.12. The van der Waals surface area contributed by atoms with Gasteiger partial charge in [-0.2, -0.15) is 0 Å². The summed E-state index contributed by atoms with van der Waals surface area (Å²) in [6.07, 6.45) is 5.70. The van der Waals surface area contributed by atoms with Crippen molar-refractivity contribution in [2.45, 2.75) is 33.4 Å². The van der Waals surface area contributed by atoms with Crippen LogP contribution in [0.2, 0.25) is 0 Å². The molecule has 17 heavy (non-hydrogen) atoms. The third kappa shape index (κ3) is 2.84. The van der Waals surface area contributed by atoms with E-state index in [4.69, 9.17) is 0 Å². The van der Waals surface area contributed by atoms with Crippen molar-refractivity contribution in [2.24, 2.45) is 0 Å². The van der Waals surface area contributed by atoms with E-state index in [0.29, 0.717) is 6.04 Å². The predicted octanol–water partition coefficient (Wildman–Crippen LogP) is 2.78. The highest BCUT2D eigenvalue weighted by atomic mass is 15.2. The number of aryl methyl sites for hydroxylation is 1. The summed E-state index contributed by atoms with van der Waals surface area (Å²) in [4.78, 5) is 8.57. The number of imidazole rings is 1. The van der Waals surface area contributed by atoms with Gasteiger partial charge in [0.1, 0.15) is 0 Å². The second-order valence-corrected chi connectivity index (χ2v) is 4.41. The summed E-state index contributed by atoms with van der Waals surface area (Å²) in [5, 5.41) is 3.32. The summed E-state index contributed by atoms with van der Waals surface area (Å²) in [5.74, 6) is 0.903. The predicted molar refractivity (Wildman–Crippen MR) is 68.9 cm³/mol. The zero-order valence-electron chi connectivity index (χ0n) is 10.5. The SMILES string of the molecule is Cc1ccc(CNc2nccn2C(C)C)cn1. The molecule has 0 atom stereocenters. The maximum Gasteiger partial charge on any atom is 0.203 e. The van der Waals surface area contributed by atoms with Gasteiger partial charge in [0.05, 0.1) is 0 Å². The van der Waals surface area contributed by atoms with Gasteiger partial charge in [0.15, 0.2) is 0 Å². The van der Waals surface area contributed by atoms with E-state index in [9.17, 15) is 0 Å². The topological polar surface area (TPSA) is 42.7 Å².